The molecule has 36 heavy (non-hydrogen) atoms. The van der Waals surface area contributed by atoms with Crippen molar-refractivity contribution >= 4 is 17.1 Å². The SMILES string of the molecule is C#CCc1cc(CCCCCC)cs1.CCC(=O)c1c(O)cc(C(C)CC/C=C\[N-]OC)oc1=O.[Y]. The minimum Gasteiger partial charge on any atom is -0.569 e. The van der Waals surface area contributed by atoms with E-state index in [-0.39, 0.29) is 56.4 Å². The van der Waals surface area contributed by atoms with Crippen LogP contribution in [0.4, 0.5) is 0 Å². The molecule has 0 amide bonds. The van der Waals surface area contributed by atoms with Crippen molar-refractivity contribution in [3.05, 3.63) is 67.5 Å². The first-order valence-electron chi connectivity index (χ1n) is 12.2. The molecule has 2 aromatic rings. The van der Waals surface area contributed by atoms with Crippen LogP contribution in [0.5, 0.6) is 5.75 Å². The van der Waals surface area contributed by atoms with Crippen LogP contribution in [-0.4, -0.2) is 18.0 Å². The van der Waals surface area contributed by atoms with Crippen molar-refractivity contribution in [2.75, 3.05) is 7.11 Å². The number of hydrogen-bond acceptors (Lipinski definition) is 6. The van der Waals surface area contributed by atoms with Crippen LogP contribution in [0.15, 0.2) is 39.0 Å². The van der Waals surface area contributed by atoms with Gasteiger partial charge in [-0.3, -0.25) is 4.79 Å². The van der Waals surface area contributed by atoms with Gasteiger partial charge >= 0.3 is 5.63 Å². The van der Waals surface area contributed by atoms with Crippen molar-refractivity contribution in [3.63, 3.8) is 0 Å². The van der Waals surface area contributed by atoms with Crippen molar-refractivity contribution in [1.29, 1.82) is 0 Å². The number of nitrogens with zero attached hydrogens (tertiary/aromatic N) is 1. The number of terminal acetylenes is 1. The average molecular weight is 590 g/mol. The van der Waals surface area contributed by atoms with Crippen LogP contribution < -0.4 is 5.63 Å². The molecule has 2 aromatic heterocycles. The molecule has 0 spiro atoms. The molecule has 0 aromatic carbocycles. The fourth-order valence-electron chi connectivity index (χ4n) is 3.35. The topological polar surface area (TPSA) is 90.8 Å². The number of hydroxylamine groups is 1. The van der Waals surface area contributed by atoms with E-state index in [9.17, 15) is 14.7 Å². The number of carbonyl (C=O) groups excluding carboxylic acids is 1. The molecule has 1 unspecified atom stereocenters. The molecule has 1 radical (unpaired) electrons. The van der Waals surface area contributed by atoms with Gasteiger partial charge in [0.1, 0.15) is 17.1 Å². The fraction of sp³-hybridized carbons (Fsp3) is 0.500. The normalized spacial score (nSPS) is 11.2. The van der Waals surface area contributed by atoms with Crippen LogP contribution in [0.2, 0.25) is 0 Å². The van der Waals surface area contributed by atoms with Gasteiger partial charge in [-0.2, -0.15) is 6.20 Å². The van der Waals surface area contributed by atoms with Crippen LogP contribution in [0.25, 0.3) is 5.48 Å². The zero-order chi connectivity index (χ0) is 26.1. The quantitative estimate of drug-likeness (QED) is 0.108. The molecule has 1 N–H and O–H groups in total. The van der Waals surface area contributed by atoms with Crippen molar-refractivity contribution in [3.8, 4) is 18.1 Å². The third kappa shape index (κ3) is 13.0. The first-order chi connectivity index (χ1) is 16.9. The van der Waals surface area contributed by atoms with Gasteiger partial charge in [-0.25, -0.2) is 4.79 Å². The smallest absolute Gasteiger partial charge is 0.350 e. The Labute approximate surface area is 244 Å². The van der Waals surface area contributed by atoms with Gasteiger partial charge in [0.25, 0.3) is 0 Å². The second-order valence-electron chi connectivity index (χ2n) is 8.24. The van der Waals surface area contributed by atoms with Crippen LogP contribution in [0, 0.1) is 12.3 Å². The maximum Gasteiger partial charge on any atom is 0.350 e. The maximum absolute atomic E-state index is 11.8. The second-order valence-corrected chi connectivity index (χ2v) is 9.23. The van der Waals surface area contributed by atoms with Gasteiger partial charge in [0.15, 0.2) is 5.78 Å². The largest absolute Gasteiger partial charge is 0.569 e. The van der Waals surface area contributed by atoms with E-state index >= 15 is 0 Å². The Balaban J connectivity index is 0.000000713. The Morgan fingerprint density at radius 2 is 2.06 bits per heavy atom. The average Bonchev–Trinajstić information content (AvgIpc) is 3.29. The van der Waals surface area contributed by atoms with E-state index in [2.05, 4.69) is 34.6 Å². The van der Waals surface area contributed by atoms with Gasteiger partial charge in [-0.15, -0.1) is 29.8 Å². The van der Waals surface area contributed by atoms with Gasteiger partial charge in [-0.05, 0) is 42.7 Å². The molecule has 8 heteroatoms. The van der Waals surface area contributed by atoms with Gasteiger partial charge in [-0.1, -0.05) is 40.0 Å². The summed E-state index contributed by atoms with van der Waals surface area (Å²) in [4.78, 5) is 29.2. The first kappa shape index (κ1) is 34.3. The number of carbonyl (C=O) groups is 1. The Hall–Kier alpha value is -1.72. The first-order valence-corrected chi connectivity index (χ1v) is 13.0. The van der Waals surface area contributed by atoms with E-state index in [1.165, 1.54) is 55.7 Å². The number of unbranched alkanes of at least 4 members (excludes halogenated alkanes) is 3. The molecule has 6 nitrogen and oxygen atoms in total. The monoisotopic (exact) mass is 589 g/mol. The van der Waals surface area contributed by atoms with E-state index in [1.54, 1.807) is 24.5 Å². The summed E-state index contributed by atoms with van der Waals surface area (Å²) in [5.74, 6) is 2.24. The molecule has 195 valence electrons. The van der Waals surface area contributed by atoms with Gasteiger partial charge in [0.2, 0.25) is 0 Å². The van der Waals surface area contributed by atoms with Crippen molar-refractivity contribution in [2.45, 2.75) is 84.5 Å². The summed E-state index contributed by atoms with van der Waals surface area (Å²) in [5, 5.41) is 12.1. The molecule has 2 rings (SSSR count). The predicted octanol–water partition coefficient (Wildman–Crippen LogP) is 7.31. The number of aryl methyl sites for hydroxylation is 1. The molecular formula is C28H38NO5SY-. The molecule has 0 aliphatic rings. The van der Waals surface area contributed by atoms with E-state index in [0.717, 1.165) is 6.42 Å². The predicted molar refractivity (Wildman–Crippen MR) is 143 cm³/mol. The summed E-state index contributed by atoms with van der Waals surface area (Å²) in [7, 11) is 1.46. The van der Waals surface area contributed by atoms with Crippen LogP contribution in [-0.2, 0) is 50.4 Å². The molecule has 0 bridgehead atoms. The number of Topliss-reactive ketones (excluding diaryl/α,β-unsaturated/α-hetero) is 1. The summed E-state index contributed by atoms with van der Waals surface area (Å²) in [6, 6.07) is 3.61. The number of allylic oxidation sites excluding steroid dienone is 1. The van der Waals surface area contributed by atoms with Crippen LogP contribution in [0.3, 0.4) is 0 Å². The van der Waals surface area contributed by atoms with E-state index in [1.807, 2.05) is 13.0 Å². The molecule has 0 saturated carbocycles. The molecule has 0 aliphatic carbocycles. The minimum absolute atomic E-state index is 0. The van der Waals surface area contributed by atoms with Crippen molar-refractivity contribution in [1.82, 2.24) is 0 Å². The van der Waals surface area contributed by atoms with Crippen molar-refractivity contribution in [2.24, 2.45) is 0 Å². The van der Waals surface area contributed by atoms with E-state index < -0.39 is 11.4 Å². The number of rotatable bonds is 14. The van der Waals surface area contributed by atoms with Crippen molar-refractivity contribution < 1.29 is 51.9 Å². The number of ketones is 1. The summed E-state index contributed by atoms with van der Waals surface area (Å²) < 4.78 is 5.14. The third-order valence-corrected chi connectivity index (χ3v) is 6.36. The summed E-state index contributed by atoms with van der Waals surface area (Å²) in [5.41, 5.74) is 3.99. The molecular weight excluding hydrogens is 551 g/mol. The molecule has 2 heterocycles. The zero-order valence-electron chi connectivity index (χ0n) is 21.9. The maximum atomic E-state index is 11.8. The van der Waals surface area contributed by atoms with Gasteiger partial charge in [0, 0.05) is 69.5 Å². The molecule has 1 atom stereocenters. The summed E-state index contributed by atoms with van der Waals surface area (Å²) in [6.45, 7) is 5.74. The van der Waals surface area contributed by atoms with Crippen LogP contribution in [0.1, 0.15) is 98.2 Å². The Kier molecular flexibility index (Phi) is 19.4. The molecule has 0 fully saturated rings. The van der Waals surface area contributed by atoms with E-state index in [0.29, 0.717) is 18.6 Å². The van der Waals surface area contributed by atoms with Gasteiger partial charge in [0.05, 0.1) is 0 Å². The number of aromatic hydroxyl groups is 1. The minimum atomic E-state index is -0.784. The summed E-state index contributed by atoms with van der Waals surface area (Å²) in [6.07, 6.45) is 17.6. The summed E-state index contributed by atoms with van der Waals surface area (Å²) >= 11 is 1.80. The van der Waals surface area contributed by atoms with E-state index in [4.69, 9.17) is 10.8 Å². The molecule has 0 saturated heterocycles. The Morgan fingerprint density at radius 1 is 1.31 bits per heavy atom. The Morgan fingerprint density at radius 3 is 2.67 bits per heavy atom. The zero-order valence-corrected chi connectivity index (χ0v) is 25.6. The standard InChI is InChI=1S/C15H20NO5.C13H18S.Y/c1-4-11(17)14-12(18)9-13(21-15(14)19)10(2)7-5-6-8-16-20-3;1-3-5-6-7-9-12-10-13(8-4-2)14-11-12;/h6,8-10H,4-5,7H2,1-3H3,(H,17,18,19);2,10-11H,3,5-9H2,1H3;/q-1;;/b8-6-;;. The number of thiophene rings is 1. The van der Waals surface area contributed by atoms with Crippen LogP contribution >= 0.6 is 11.3 Å². The third-order valence-electron chi connectivity index (χ3n) is 5.38. The second kappa shape index (κ2) is 20.4. The van der Waals surface area contributed by atoms with Gasteiger partial charge < -0.3 is 19.8 Å². The number of hydrogen-bond donors (Lipinski definition) is 1. The fourth-order valence-corrected chi connectivity index (χ4v) is 4.22. The molecule has 0 aliphatic heterocycles. The Bertz CT molecular complexity index is 1020.